The predicted molar refractivity (Wildman–Crippen MR) is 62.3 cm³/mol. The maximum absolute atomic E-state index is 11.3. The first-order chi connectivity index (χ1) is 6.65. The number of benzene rings is 1. The van der Waals surface area contributed by atoms with Crippen molar-refractivity contribution in [3.8, 4) is 0 Å². The molecule has 0 radical (unpaired) electrons. The Morgan fingerprint density at radius 3 is 2.79 bits per heavy atom. The van der Waals surface area contributed by atoms with Gasteiger partial charge in [-0.3, -0.25) is 4.79 Å². The number of hydrogen-bond donors (Lipinski definition) is 1. The molecule has 0 saturated carbocycles. The Bertz CT molecular complexity index is 351. The second-order valence-corrected chi connectivity index (χ2v) is 3.78. The van der Waals surface area contributed by atoms with E-state index in [9.17, 15) is 4.79 Å². The third-order valence-electron chi connectivity index (χ3n) is 1.79. The lowest BCUT2D eigenvalue weighted by molar-refractivity contribution is -0.111. The normalized spacial score (nSPS) is 10.5. The van der Waals surface area contributed by atoms with Crippen molar-refractivity contribution in [1.82, 2.24) is 0 Å². The lowest BCUT2D eigenvalue weighted by Crippen LogP contribution is -2.09. The third kappa shape index (κ3) is 2.70. The molecular formula is C11H12BrNO. The number of anilines is 1. The summed E-state index contributed by atoms with van der Waals surface area (Å²) in [5, 5.41) is 2.81. The molecule has 0 aliphatic carbocycles. The Balaban J connectivity index is 2.91. The Hall–Kier alpha value is -1.09. The zero-order valence-corrected chi connectivity index (χ0v) is 9.76. The van der Waals surface area contributed by atoms with Crippen LogP contribution in [0.5, 0.6) is 0 Å². The van der Waals surface area contributed by atoms with Crippen molar-refractivity contribution >= 4 is 27.5 Å². The molecule has 0 aliphatic rings. The van der Waals surface area contributed by atoms with Crippen LogP contribution in [-0.4, -0.2) is 5.91 Å². The van der Waals surface area contributed by atoms with Crippen molar-refractivity contribution in [3.63, 3.8) is 0 Å². The average Bonchev–Trinajstić information content (AvgIpc) is 2.12. The zero-order chi connectivity index (χ0) is 10.6. The van der Waals surface area contributed by atoms with E-state index < -0.39 is 0 Å². The summed E-state index contributed by atoms with van der Waals surface area (Å²) >= 11 is 3.39. The van der Waals surface area contributed by atoms with E-state index in [0.29, 0.717) is 0 Å². The van der Waals surface area contributed by atoms with Gasteiger partial charge in [-0.1, -0.05) is 18.2 Å². The van der Waals surface area contributed by atoms with Gasteiger partial charge in [0.05, 0.1) is 5.69 Å². The fourth-order valence-corrected chi connectivity index (χ4v) is 1.67. The average molecular weight is 254 g/mol. The van der Waals surface area contributed by atoms with Crippen LogP contribution in [0.1, 0.15) is 12.5 Å². The molecule has 1 N–H and O–H groups in total. The Labute approximate surface area is 92.1 Å². The van der Waals surface area contributed by atoms with E-state index in [2.05, 4.69) is 21.2 Å². The topological polar surface area (TPSA) is 29.1 Å². The highest BCUT2D eigenvalue weighted by Crippen LogP contribution is 2.25. The minimum Gasteiger partial charge on any atom is -0.321 e. The Morgan fingerprint density at radius 2 is 2.21 bits per heavy atom. The molecule has 0 atom stereocenters. The van der Waals surface area contributed by atoms with Gasteiger partial charge >= 0.3 is 0 Å². The number of hydrogen-bond acceptors (Lipinski definition) is 1. The van der Waals surface area contributed by atoms with E-state index in [1.165, 1.54) is 6.08 Å². The lowest BCUT2D eigenvalue weighted by Gasteiger charge is -2.08. The molecule has 1 aromatic rings. The van der Waals surface area contributed by atoms with E-state index in [4.69, 9.17) is 0 Å². The summed E-state index contributed by atoms with van der Waals surface area (Å²) in [6.45, 7) is 3.77. The summed E-state index contributed by atoms with van der Waals surface area (Å²) in [5.74, 6) is -0.109. The van der Waals surface area contributed by atoms with Gasteiger partial charge in [-0.05, 0) is 47.5 Å². The maximum Gasteiger partial charge on any atom is 0.248 e. The van der Waals surface area contributed by atoms with Gasteiger partial charge in [-0.2, -0.15) is 0 Å². The van der Waals surface area contributed by atoms with Gasteiger partial charge in [0.1, 0.15) is 0 Å². The molecule has 0 bridgehead atoms. The number of allylic oxidation sites excluding steroid dienone is 1. The number of carbonyl (C=O) groups is 1. The maximum atomic E-state index is 11.3. The largest absolute Gasteiger partial charge is 0.321 e. The van der Waals surface area contributed by atoms with Crippen LogP contribution in [0.25, 0.3) is 0 Å². The van der Waals surface area contributed by atoms with Crippen molar-refractivity contribution < 1.29 is 4.79 Å². The zero-order valence-electron chi connectivity index (χ0n) is 8.17. The Morgan fingerprint density at radius 1 is 1.50 bits per heavy atom. The van der Waals surface area contributed by atoms with Crippen molar-refractivity contribution in [2.45, 2.75) is 13.8 Å². The van der Waals surface area contributed by atoms with Crippen LogP contribution in [0.4, 0.5) is 5.69 Å². The fraction of sp³-hybridized carbons (Fsp3) is 0.182. The van der Waals surface area contributed by atoms with Gasteiger partial charge in [0, 0.05) is 4.47 Å². The SMILES string of the molecule is C/C=C/C(=O)Nc1c(C)cccc1Br. The van der Waals surface area contributed by atoms with Gasteiger partial charge in [0.15, 0.2) is 0 Å². The molecule has 1 amide bonds. The number of rotatable bonds is 2. The number of amides is 1. The standard InChI is InChI=1S/C11H12BrNO/c1-3-5-10(14)13-11-8(2)6-4-7-9(11)12/h3-7H,1-2H3,(H,13,14)/b5-3+. The van der Waals surface area contributed by atoms with Crippen LogP contribution in [0.15, 0.2) is 34.8 Å². The predicted octanol–water partition coefficient (Wildman–Crippen LogP) is 3.27. The number of halogens is 1. The summed E-state index contributed by atoms with van der Waals surface area (Å²) in [6, 6.07) is 5.79. The summed E-state index contributed by atoms with van der Waals surface area (Å²) < 4.78 is 0.898. The van der Waals surface area contributed by atoms with Crippen molar-refractivity contribution in [2.24, 2.45) is 0 Å². The molecule has 3 heteroatoms. The highest BCUT2D eigenvalue weighted by molar-refractivity contribution is 9.10. The summed E-state index contributed by atoms with van der Waals surface area (Å²) in [7, 11) is 0. The van der Waals surface area contributed by atoms with Crippen molar-refractivity contribution in [1.29, 1.82) is 0 Å². The minimum atomic E-state index is -0.109. The number of nitrogens with one attached hydrogen (secondary N) is 1. The summed E-state index contributed by atoms with van der Waals surface area (Å²) in [4.78, 5) is 11.3. The van der Waals surface area contributed by atoms with Crippen LogP contribution in [0.2, 0.25) is 0 Å². The molecule has 1 rings (SSSR count). The number of para-hydroxylation sites is 1. The van der Waals surface area contributed by atoms with Crippen LogP contribution in [0, 0.1) is 6.92 Å². The van der Waals surface area contributed by atoms with E-state index >= 15 is 0 Å². The molecule has 0 fully saturated rings. The first-order valence-corrected chi connectivity index (χ1v) is 5.13. The molecule has 0 aliphatic heterocycles. The quantitative estimate of drug-likeness (QED) is 0.806. The number of aryl methyl sites for hydroxylation is 1. The molecule has 0 heterocycles. The van der Waals surface area contributed by atoms with E-state index in [1.54, 1.807) is 6.08 Å². The van der Waals surface area contributed by atoms with Gasteiger partial charge < -0.3 is 5.32 Å². The minimum absolute atomic E-state index is 0.109. The van der Waals surface area contributed by atoms with Gasteiger partial charge in [-0.15, -0.1) is 0 Å². The molecule has 74 valence electrons. The fourth-order valence-electron chi connectivity index (χ4n) is 1.11. The van der Waals surface area contributed by atoms with Crippen molar-refractivity contribution in [2.75, 3.05) is 5.32 Å². The van der Waals surface area contributed by atoms with E-state index in [-0.39, 0.29) is 5.91 Å². The van der Waals surface area contributed by atoms with Crippen LogP contribution in [0.3, 0.4) is 0 Å². The van der Waals surface area contributed by atoms with E-state index in [1.807, 2.05) is 32.0 Å². The lowest BCUT2D eigenvalue weighted by atomic mass is 10.2. The van der Waals surface area contributed by atoms with E-state index in [0.717, 1.165) is 15.7 Å². The molecule has 14 heavy (non-hydrogen) atoms. The van der Waals surface area contributed by atoms with Crippen LogP contribution >= 0.6 is 15.9 Å². The summed E-state index contributed by atoms with van der Waals surface area (Å²) in [6.07, 6.45) is 3.21. The van der Waals surface area contributed by atoms with Gasteiger partial charge in [0.25, 0.3) is 0 Å². The smallest absolute Gasteiger partial charge is 0.248 e. The first kappa shape index (κ1) is 11.0. The molecule has 0 spiro atoms. The molecular weight excluding hydrogens is 242 g/mol. The highest BCUT2D eigenvalue weighted by atomic mass is 79.9. The molecule has 0 unspecified atom stereocenters. The first-order valence-electron chi connectivity index (χ1n) is 4.34. The van der Waals surface area contributed by atoms with Gasteiger partial charge in [-0.25, -0.2) is 0 Å². The molecule has 1 aromatic carbocycles. The monoisotopic (exact) mass is 253 g/mol. The molecule has 0 saturated heterocycles. The Kier molecular flexibility index (Phi) is 3.89. The van der Waals surface area contributed by atoms with Gasteiger partial charge in [0.2, 0.25) is 5.91 Å². The van der Waals surface area contributed by atoms with Crippen LogP contribution < -0.4 is 5.32 Å². The molecule has 2 nitrogen and oxygen atoms in total. The van der Waals surface area contributed by atoms with Crippen LogP contribution in [-0.2, 0) is 4.79 Å². The van der Waals surface area contributed by atoms with Crippen molar-refractivity contribution in [3.05, 3.63) is 40.4 Å². The second-order valence-electron chi connectivity index (χ2n) is 2.92. The molecule has 0 aromatic heterocycles. The second kappa shape index (κ2) is 4.96. The highest BCUT2D eigenvalue weighted by Gasteiger charge is 2.04. The number of carbonyl (C=O) groups excluding carboxylic acids is 1. The third-order valence-corrected chi connectivity index (χ3v) is 2.45. The summed E-state index contributed by atoms with van der Waals surface area (Å²) in [5.41, 5.74) is 1.87.